The van der Waals surface area contributed by atoms with E-state index >= 15 is 0 Å². The molecule has 0 atom stereocenters. The highest BCUT2D eigenvalue weighted by atomic mass is 14.2. The number of aryl methyl sites for hydroxylation is 1. The molecule has 0 heteroatoms. The highest BCUT2D eigenvalue weighted by Gasteiger charge is 2.16. The highest BCUT2D eigenvalue weighted by Crippen LogP contribution is 2.34. The number of rotatable bonds is 0. The zero-order chi connectivity index (χ0) is 8.13. The van der Waals surface area contributed by atoms with Crippen molar-refractivity contribution in [3.05, 3.63) is 47.0 Å². The van der Waals surface area contributed by atoms with E-state index in [-0.39, 0.29) is 0 Å². The van der Waals surface area contributed by atoms with Crippen molar-refractivity contribution >= 4 is 10.8 Å². The van der Waals surface area contributed by atoms with E-state index in [1.165, 1.54) is 33.9 Å². The Labute approximate surface area is 71.8 Å². The van der Waals surface area contributed by atoms with E-state index < -0.39 is 0 Å². The van der Waals surface area contributed by atoms with Gasteiger partial charge in [-0.2, -0.15) is 0 Å². The Morgan fingerprint density at radius 2 is 1.67 bits per heavy atom. The normalized spacial score (nSPS) is 13.1. The fourth-order valence-electron chi connectivity index (χ4n) is 2.06. The maximum absolute atomic E-state index is 2.32. The van der Waals surface area contributed by atoms with E-state index in [4.69, 9.17) is 0 Å². The van der Waals surface area contributed by atoms with Gasteiger partial charge in [-0.25, -0.2) is 0 Å². The summed E-state index contributed by atoms with van der Waals surface area (Å²) in [4.78, 5) is 0. The average molecular weight is 154 g/mol. The third-order valence-corrected chi connectivity index (χ3v) is 2.89. The van der Waals surface area contributed by atoms with Gasteiger partial charge in [0, 0.05) is 0 Å². The molecule has 58 valence electrons. The maximum Gasteiger partial charge on any atom is -0.00166 e. The van der Waals surface area contributed by atoms with Crippen molar-refractivity contribution in [2.24, 2.45) is 0 Å². The molecular formula is C12H10. The summed E-state index contributed by atoms with van der Waals surface area (Å²) >= 11 is 0. The van der Waals surface area contributed by atoms with E-state index in [1.54, 1.807) is 0 Å². The first-order valence-electron chi connectivity index (χ1n) is 4.36. The largest absolute Gasteiger partial charge is 0.0616 e. The van der Waals surface area contributed by atoms with Crippen LogP contribution in [-0.2, 0) is 6.42 Å². The minimum Gasteiger partial charge on any atom is -0.0616 e. The monoisotopic (exact) mass is 154 g/mol. The molecule has 0 saturated carbocycles. The van der Waals surface area contributed by atoms with Crippen LogP contribution in [-0.4, -0.2) is 0 Å². The molecule has 0 nitrogen and oxygen atoms in total. The smallest absolute Gasteiger partial charge is 0.00166 e. The number of hydrogen-bond donors (Lipinski definition) is 0. The van der Waals surface area contributed by atoms with Crippen LogP contribution in [0, 0.1) is 6.92 Å². The molecular weight excluding hydrogens is 144 g/mol. The first kappa shape index (κ1) is 6.24. The molecule has 2 aliphatic rings. The molecule has 0 spiro atoms. The van der Waals surface area contributed by atoms with Gasteiger partial charge in [0.2, 0.25) is 0 Å². The standard InChI is InChI=1S/C12H10/c1-8-9-6-10(7-9)12-5-3-2-4-11(8)12/h2-6H,7H2,1H3. The van der Waals surface area contributed by atoms with Crippen molar-refractivity contribution in [3.63, 3.8) is 0 Å². The molecule has 0 saturated heterocycles. The second-order valence-corrected chi connectivity index (χ2v) is 3.54. The zero-order valence-corrected chi connectivity index (χ0v) is 7.09. The van der Waals surface area contributed by atoms with Gasteiger partial charge in [-0.1, -0.05) is 30.3 Å². The molecule has 2 bridgehead atoms. The predicted octanol–water partition coefficient (Wildman–Crippen LogP) is 3.05. The Morgan fingerprint density at radius 1 is 1.00 bits per heavy atom. The summed E-state index contributed by atoms with van der Waals surface area (Å²) in [5.41, 5.74) is 4.52. The Bertz CT molecular complexity index is 452. The van der Waals surface area contributed by atoms with Gasteiger partial charge in [-0.3, -0.25) is 0 Å². The average Bonchev–Trinajstić information content (AvgIpc) is 2.02. The summed E-state index contributed by atoms with van der Waals surface area (Å²) in [6.07, 6.45) is 1.20. The number of benzene rings is 2. The van der Waals surface area contributed by atoms with Gasteiger partial charge >= 0.3 is 0 Å². The Kier molecular flexibility index (Phi) is 0.984. The maximum atomic E-state index is 2.32. The minimum absolute atomic E-state index is 1.20. The quantitative estimate of drug-likeness (QED) is 0.467. The molecule has 0 amide bonds. The van der Waals surface area contributed by atoms with Crippen LogP contribution in [0.5, 0.6) is 0 Å². The predicted molar refractivity (Wildman–Crippen MR) is 51.5 cm³/mol. The molecule has 0 heterocycles. The van der Waals surface area contributed by atoms with Crippen LogP contribution in [0.4, 0.5) is 0 Å². The van der Waals surface area contributed by atoms with Crippen molar-refractivity contribution in [2.75, 3.05) is 0 Å². The molecule has 0 fully saturated rings. The Morgan fingerprint density at radius 3 is 2.33 bits per heavy atom. The topological polar surface area (TPSA) is 0 Å². The lowest BCUT2D eigenvalue weighted by molar-refractivity contribution is 1.09. The van der Waals surface area contributed by atoms with Crippen LogP contribution in [0.1, 0.15) is 16.7 Å². The lowest BCUT2D eigenvalue weighted by Gasteiger charge is -2.21. The van der Waals surface area contributed by atoms with Crippen molar-refractivity contribution in [2.45, 2.75) is 13.3 Å². The van der Waals surface area contributed by atoms with Gasteiger partial charge in [-0.05, 0) is 40.8 Å². The summed E-state index contributed by atoms with van der Waals surface area (Å²) in [5, 5.41) is 2.89. The molecule has 2 aromatic carbocycles. The highest BCUT2D eigenvalue weighted by molar-refractivity contribution is 5.92. The van der Waals surface area contributed by atoms with E-state index in [0.29, 0.717) is 0 Å². The molecule has 4 rings (SSSR count). The second kappa shape index (κ2) is 1.89. The summed E-state index contributed by atoms with van der Waals surface area (Å²) in [6.45, 7) is 2.22. The van der Waals surface area contributed by atoms with Gasteiger partial charge in [-0.15, -0.1) is 0 Å². The van der Waals surface area contributed by atoms with E-state index in [1.807, 2.05) is 0 Å². The summed E-state index contributed by atoms with van der Waals surface area (Å²) in [5.74, 6) is 0. The third kappa shape index (κ3) is 0.585. The molecule has 0 aromatic heterocycles. The van der Waals surface area contributed by atoms with Crippen LogP contribution < -0.4 is 0 Å². The van der Waals surface area contributed by atoms with Gasteiger partial charge < -0.3 is 0 Å². The summed E-state index contributed by atoms with van der Waals surface area (Å²) < 4.78 is 0. The fraction of sp³-hybridized carbons (Fsp3) is 0.167. The number of hydrogen-bond acceptors (Lipinski definition) is 0. The van der Waals surface area contributed by atoms with E-state index in [9.17, 15) is 0 Å². The van der Waals surface area contributed by atoms with Crippen LogP contribution >= 0.6 is 0 Å². The van der Waals surface area contributed by atoms with Crippen molar-refractivity contribution in [1.82, 2.24) is 0 Å². The van der Waals surface area contributed by atoms with Crippen LogP contribution in [0.2, 0.25) is 0 Å². The Balaban J connectivity index is 2.59. The molecule has 2 aliphatic carbocycles. The van der Waals surface area contributed by atoms with Gasteiger partial charge in [0.1, 0.15) is 0 Å². The lowest BCUT2D eigenvalue weighted by atomic mass is 9.83. The summed E-state index contributed by atoms with van der Waals surface area (Å²) in [7, 11) is 0. The molecule has 0 N–H and O–H groups in total. The molecule has 2 aromatic rings. The van der Waals surface area contributed by atoms with Crippen LogP contribution in [0.3, 0.4) is 0 Å². The van der Waals surface area contributed by atoms with Gasteiger partial charge in [0.05, 0.1) is 0 Å². The van der Waals surface area contributed by atoms with Crippen molar-refractivity contribution in [1.29, 1.82) is 0 Å². The Hall–Kier alpha value is -1.30. The molecule has 0 radical (unpaired) electrons. The molecule has 0 unspecified atom stereocenters. The van der Waals surface area contributed by atoms with Crippen molar-refractivity contribution in [3.8, 4) is 0 Å². The second-order valence-electron chi connectivity index (χ2n) is 3.54. The van der Waals surface area contributed by atoms with Crippen LogP contribution in [0.25, 0.3) is 10.8 Å². The van der Waals surface area contributed by atoms with Gasteiger partial charge in [0.25, 0.3) is 0 Å². The van der Waals surface area contributed by atoms with E-state index in [0.717, 1.165) is 0 Å². The van der Waals surface area contributed by atoms with E-state index in [2.05, 4.69) is 37.3 Å². The van der Waals surface area contributed by atoms with Crippen molar-refractivity contribution < 1.29 is 0 Å². The SMILES string of the molecule is Cc1c2cc(c3ccccc13)C2. The fourth-order valence-corrected chi connectivity index (χ4v) is 2.06. The summed E-state index contributed by atoms with van der Waals surface area (Å²) in [6, 6.07) is 11.0. The third-order valence-electron chi connectivity index (χ3n) is 2.89. The first-order chi connectivity index (χ1) is 5.86. The minimum atomic E-state index is 1.20. The molecule has 12 heavy (non-hydrogen) atoms. The molecule has 0 aliphatic heterocycles. The first-order valence-corrected chi connectivity index (χ1v) is 4.36. The lowest BCUT2D eigenvalue weighted by Crippen LogP contribution is -2.05. The zero-order valence-electron chi connectivity index (χ0n) is 7.09. The van der Waals surface area contributed by atoms with Gasteiger partial charge in [0.15, 0.2) is 0 Å². The van der Waals surface area contributed by atoms with Crippen LogP contribution in [0.15, 0.2) is 30.3 Å².